The van der Waals surface area contributed by atoms with E-state index in [4.69, 9.17) is 14.6 Å². The molecule has 14 heteroatoms. The van der Waals surface area contributed by atoms with Crippen LogP contribution in [0.15, 0.2) is 49.3 Å². The Hall–Kier alpha value is -4.53. The predicted octanol–water partition coefficient (Wildman–Crippen LogP) is 3.22. The van der Waals surface area contributed by atoms with E-state index in [0.717, 1.165) is 44.4 Å². The van der Waals surface area contributed by atoms with Gasteiger partial charge in [-0.3, -0.25) is 9.80 Å². The van der Waals surface area contributed by atoms with Gasteiger partial charge >= 0.3 is 0 Å². The number of methoxy groups -OCH3 is 2. The van der Waals surface area contributed by atoms with Crippen LogP contribution in [0.4, 0.5) is 31.9 Å². The first-order valence-corrected chi connectivity index (χ1v) is 13.3. The van der Waals surface area contributed by atoms with Gasteiger partial charge in [-0.15, -0.1) is 0 Å². The van der Waals surface area contributed by atoms with Gasteiger partial charge in [0.2, 0.25) is 0 Å². The molecule has 1 aromatic carbocycles. The van der Waals surface area contributed by atoms with Gasteiger partial charge in [-0.25, -0.2) is 33.7 Å². The Morgan fingerprint density at radius 1 is 0.833 bits per heavy atom. The Bertz CT molecular complexity index is 1470. The molecule has 0 amide bonds. The van der Waals surface area contributed by atoms with E-state index in [1.807, 2.05) is 18.3 Å². The molecule has 3 aromatic heterocycles. The molecule has 220 valence electrons. The SMILES string of the molecule is COc1cc(OC)c(F)c(Nc2ncncc2-c2cc(Nc3ccc(CN4CCN(CCO)CC4)cn3)ncn2)c1F. The number of aliphatic hydroxyl groups is 1. The number of anilines is 4. The van der Waals surface area contributed by atoms with E-state index in [1.54, 1.807) is 6.07 Å². The maximum atomic E-state index is 15.0. The molecule has 3 N–H and O–H groups in total. The van der Waals surface area contributed by atoms with Crippen molar-refractivity contribution in [1.29, 1.82) is 0 Å². The summed E-state index contributed by atoms with van der Waals surface area (Å²) in [5.74, 6) is -1.12. The Labute approximate surface area is 241 Å². The average Bonchev–Trinajstić information content (AvgIpc) is 3.02. The Balaban J connectivity index is 1.30. The number of hydrogen-bond donors (Lipinski definition) is 3. The number of nitrogens with zero attached hydrogens (tertiary/aromatic N) is 7. The second kappa shape index (κ2) is 13.4. The van der Waals surface area contributed by atoms with Crippen LogP contribution in [0, 0.1) is 11.6 Å². The number of benzene rings is 1. The number of piperazine rings is 1. The van der Waals surface area contributed by atoms with Gasteiger partial charge in [0.05, 0.1) is 32.1 Å². The number of nitrogens with one attached hydrogen (secondary N) is 2. The summed E-state index contributed by atoms with van der Waals surface area (Å²) in [5, 5.41) is 15.0. The van der Waals surface area contributed by atoms with Crippen LogP contribution in [0.25, 0.3) is 11.3 Å². The van der Waals surface area contributed by atoms with Gasteiger partial charge in [0.25, 0.3) is 0 Å². The van der Waals surface area contributed by atoms with Crippen LogP contribution in [0.5, 0.6) is 11.5 Å². The van der Waals surface area contributed by atoms with E-state index in [0.29, 0.717) is 29.4 Å². The van der Waals surface area contributed by atoms with Crippen LogP contribution >= 0.6 is 0 Å². The maximum Gasteiger partial charge on any atom is 0.191 e. The molecule has 1 aliphatic rings. The first kappa shape index (κ1) is 29.0. The minimum absolute atomic E-state index is 0.113. The third kappa shape index (κ3) is 6.67. The zero-order valence-corrected chi connectivity index (χ0v) is 23.2. The monoisotopic (exact) mass is 579 g/mol. The Morgan fingerprint density at radius 3 is 2.24 bits per heavy atom. The molecule has 0 bridgehead atoms. The molecule has 0 aliphatic carbocycles. The van der Waals surface area contributed by atoms with Crippen molar-refractivity contribution in [2.24, 2.45) is 0 Å². The number of rotatable bonds is 11. The van der Waals surface area contributed by atoms with Crippen LogP contribution < -0.4 is 20.1 Å². The number of pyridine rings is 1. The lowest BCUT2D eigenvalue weighted by Crippen LogP contribution is -2.46. The number of hydrogen-bond acceptors (Lipinski definition) is 12. The maximum absolute atomic E-state index is 15.0. The highest BCUT2D eigenvalue weighted by atomic mass is 19.1. The minimum Gasteiger partial charge on any atom is -0.493 e. The van der Waals surface area contributed by atoms with Gasteiger partial charge in [-0.05, 0) is 11.6 Å². The van der Waals surface area contributed by atoms with E-state index in [2.05, 4.69) is 45.4 Å². The van der Waals surface area contributed by atoms with Crippen molar-refractivity contribution in [1.82, 2.24) is 34.7 Å². The highest BCUT2D eigenvalue weighted by molar-refractivity contribution is 5.78. The van der Waals surface area contributed by atoms with Crippen molar-refractivity contribution in [3.63, 3.8) is 0 Å². The summed E-state index contributed by atoms with van der Waals surface area (Å²) in [6, 6.07) is 6.67. The molecule has 0 atom stereocenters. The summed E-state index contributed by atoms with van der Waals surface area (Å²) >= 11 is 0. The second-order valence-corrected chi connectivity index (χ2v) is 9.50. The number of β-amino-alcohol motifs (C(OH)–C–C–N with tert-alkyl or cyclic N) is 1. The zero-order chi connectivity index (χ0) is 29.5. The third-order valence-electron chi connectivity index (χ3n) is 6.84. The number of halogens is 2. The standard InChI is InChI=1S/C28H31F2N9O3/c1-41-21-12-22(42-2)26(30)27(25(21)29)37-28-19(14-31-16-35-28)20-11-24(34-17-33-20)36-23-4-3-18(13-32-23)15-39-7-5-38(6-8-39)9-10-40/h3-4,11-14,16-17,40H,5-10,15H2,1-2H3,(H,31,35,37)(H,32,33,34,36). The van der Waals surface area contributed by atoms with Crippen molar-refractivity contribution in [2.75, 3.05) is 64.2 Å². The smallest absolute Gasteiger partial charge is 0.191 e. The molecule has 1 aliphatic heterocycles. The molecular formula is C28H31F2N9O3. The van der Waals surface area contributed by atoms with Crippen molar-refractivity contribution < 1.29 is 23.4 Å². The highest BCUT2D eigenvalue weighted by Gasteiger charge is 2.22. The summed E-state index contributed by atoms with van der Waals surface area (Å²) in [6.45, 7) is 5.44. The molecule has 0 radical (unpaired) electrons. The molecule has 4 heterocycles. The average molecular weight is 580 g/mol. The fourth-order valence-electron chi connectivity index (χ4n) is 4.60. The van der Waals surface area contributed by atoms with Gasteiger partial charge in [0, 0.05) is 63.8 Å². The fourth-order valence-corrected chi connectivity index (χ4v) is 4.60. The summed E-state index contributed by atoms with van der Waals surface area (Å²) in [6.07, 6.45) is 5.91. The summed E-state index contributed by atoms with van der Waals surface area (Å²) in [4.78, 5) is 26.0. The highest BCUT2D eigenvalue weighted by Crippen LogP contribution is 2.37. The quantitative estimate of drug-likeness (QED) is 0.241. The lowest BCUT2D eigenvalue weighted by molar-refractivity contribution is 0.108. The van der Waals surface area contributed by atoms with Crippen molar-refractivity contribution in [2.45, 2.75) is 6.54 Å². The van der Waals surface area contributed by atoms with Gasteiger partial charge < -0.3 is 25.2 Å². The lowest BCUT2D eigenvalue weighted by atomic mass is 10.2. The molecule has 0 saturated carbocycles. The van der Waals surface area contributed by atoms with Crippen LogP contribution in [0.2, 0.25) is 0 Å². The Kier molecular flexibility index (Phi) is 9.26. The summed E-state index contributed by atoms with van der Waals surface area (Å²) < 4.78 is 40.0. The number of ether oxygens (including phenoxy) is 2. The lowest BCUT2D eigenvalue weighted by Gasteiger charge is -2.34. The zero-order valence-electron chi connectivity index (χ0n) is 23.2. The number of aromatic nitrogens is 5. The normalized spacial score (nSPS) is 14.0. The molecule has 1 fully saturated rings. The first-order valence-electron chi connectivity index (χ1n) is 13.3. The molecule has 12 nitrogen and oxygen atoms in total. The van der Waals surface area contributed by atoms with E-state index in [9.17, 15) is 8.78 Å². The van der Waals surface area contributed by atoms with E-state index in [-0.39, 0.29) is 23.9 Å². The molecule has 0 spiro atoms. The molecule has 5 rings (SSSR count). The third-order valence-corrected chi connectivity index (χ3v) is 6.84. The molecule has 42 heavy (non-hydrogen) atoms. The van der Waals surface area contributed by atoms with Gasteiger partial charge in [0.15, 0.2) is 23.1 Å². The predicted molar refractivity (Wildman–Crippen MR) is 152 cm³/mol. The summed E-state index contributed by atoms with van der Waals surface area (Å²) in [5.41, 5.74) is 1.38. The fraction of sp³-hybridized carbons (Fsp3) is 0.321. The first-order chi connectivity index (χ1) is 20.5. The van der Waals surface area contributed by atoms with Crippen LogP contribution in [-0.4, -0.2) is 93.4 Å². The largest absolute Gasteiger partial charge is 0.493 e. The van der Waals surface area contributed by atoms with E-state index >= 15 is 0 Å². The summed E-state index contributed by atoms with van der Waals surface area (Å²) in [7, 11) is 2.55. The van der Waals surface area contributed by atoms with E-state index < -0.39 is 17.3 Å². The second-order valence-electron chi connectivity index (χ2n) is 9.50. The van der Waals surface area contributed by atoms with Crippen molar-refractivity contribution >= 4 is 23.1 Å². The minimum atomic E-state index is -0.941. The van der Waals surface area contributed by atoms with Crippen molar-refractivity contribution in [3.8, 4) is 22.8 Å². The van der Waals surface area contributed by atoms with E-state index in [1.165, 1.54) is 33.1 Å². The molecular weight excluding hydrogens is 548 g/mol. The van der Waals surface area contributed by atoms with Crippen molar-refractivity contribution in [3.05, 3.63) is 66.5 Å². The number of aliphatic hydroxyl groups excluding tert-OH is 1. The van der Waals surface area contributed by atoms with Gasteiger partial charge in [-0.1, -0.05) is 6.07 Å². The molecule has 0 unspecified atom stereocenters. The Morgan fingerprint density at radius 2 is 1.57 bits per heavy atom. The van der Waals surface area contributed by atoms with Crippen LogP contribution in [0.1, 0.15) is 5.56 Å². The molecule has 4 aromatic rings. The topological polar surface area (TPSA) is 134 Å². The van der Waals surface area contributed by atoms with Gasteiger partial charge in [-0.2, -0.15) is 0 Å². The molecule has 1 saturated heterocycles. The van der Waals surface area contributed by atoms with Gasteiger partial charge in [0.1, 0.15) is 35.8 Å². The van der Waals surface area contributed by atoms with Crippen LogP contribution in [0.3, 0.4) is 0 Å². The van der Waals surface area contributed by atoms with Crippen LogP contribution in [-0.2, 0) is 6.54 Å².